The molecule has 37 heavy (non-hydrogen) atoms. The molecule has 1 aliphatic heterocycles. The van der Waals surface area contributed by atoms with Gasteiger partial charge in [-0.25, -0.2) is 13.2 Å². The molecule has 1 aliphatic carbocycles. The summed E-state index contributed by atoms with van der Waals surface area (Å²) < 4.78 is 60.6. The fourth-order valence-corrected chi connectivity index (χ4v) is 5.72. The minimum absolute atomic E-state index is 0.0167. The molecule has 2 fully saturated rings. The Hall–Kier alpha value is -2.21. The standard InChI is InChI=1S/C31H41F3O3/c1-3-4-15-35-27-12-14-31(30(34)18-27)37-20-26(32)16-22-6-13-28(29(33)17-22)24-10-8-23(9-11-24)25-7-5-21(2)36-19-25/h6,12-14,17-18,21,23-26H,3-5,7-11,15-16,19-20H2,1-2H3. The molecule has 6 heteroatoms. The monoisotopic (exact) mass is 518 g/mol. The first kappa shape index (κ1) is 27.8. The molecular formula is C31H41F3O3. The molecule has 0 bridgehead atoms. The summed E-state index contributed by atoms with van der Waals surface area (Å²) in [6.07, 6.45) is 7.47. The van der Waals surface area contributed by atoms with E-state index >= 15 is 0 Å². The van der Waals surface area contributed by atoms with Crippen molar-refractivity contribution in [1.29, 1.82) is 0 Å². The molecule has 204 valence electrons. The third-order valence-corrected chi connectivity index (χ3v) is 8.03. The average molecular weight is 519 g/mol. The highest BCUT2D eigenvalue weighted by molar-refractivity contribution is 5.33. The average Bonchev–Trinajstić information content (AvgIpc) is 2.89. The molecule has 2 aromatic carbocycles. The summed E-state index contributed by atoms with van der Waals surface area (Å²) in [4.78, 5) is 0. The van der Waals surface area contributed by atoms with Crippen LogP contribution in [-0.4, -0.2) is 32.1 Å². The van der Waals surface area contributed by atoms with Crippen LogP contribution in [0.5, 0.6) is 11.5 Å². The lowest BCUT2D eigenvalue weighted by Crippen LogP contribution is -2.31. The number of hydrogen-bond donors (Lipinski definition) is 0. The van der Waals surface area contributed by atoms with Gasteiger partial charge in [-0.15, -0.1) is 0 Å². The predicted octanol–water partition coefficient (Wildman–Crippen LogP) is 8.19. The fraction of sp³-hybridized carbons (Fsp3) is 0.613. The highest BCUT2D eigenvalue weighted by atomic mass is 19.1. The van der Waals surface area contributed by atoms with Crippen LogP contribution in [0.3, 0.4) is 0 Å². The zero-order valence-electron chi connectivity index (χ0n) is 22.2. The molecule has 2 aromatic rings. The first-order valence-electron chi connectivity index (χ1n) is 14.0. The Morgan fingerprint density at radius 2 is 1.70 bits per heavy atom. The minimum Gasteiger partial charge on any atom is -0.493 e. The van der Waals surface area contributed by atoms with Crippen LogP contribution in [0.15, 0.2) is 36.4 Å². The molecule has 2 aliphatic rings. The van der Waals surface area contributed by atoms with Gasteiger partial charge in [-0.2, -0.15) is 0 Å². The number of halogens is 3. The Kier molecular flexibility index (Phi) is 10.2. The quantitative estimate of drug-likeness (QED) is 0.281. The third kappa shape index (κ3) is 7.89. The van der Waals surface area contributed by atoms with Crippen molar-refractivity contribution in [3.8, 4) is 11.5 Å². The maximum atomic E-state index is 15.0. The zero-order chi connectivity index (χ0) is 26.2. The van der Waals surface area contributed by atoms with E-state index in [0.29, 0.717) is 35.9 Å². The van der Waals surface area contributed by atoms with E-state index in [1.807, 2.05) is 12.1 Å². The van der Waals surface area contributed by atoms with Crippen molar-refractivity contribution in [3.05, 3.63) is 59.2 Å². The van der Waals surface area contributed by atoms with Gasteiger partial charge in [0.2, 0.25) is 0 Å². The predicted molar refractivity (Wildman–Crippen MR) is 140 cm³/mol. The number of unbranched alkanes of at least 4 members (excludes halogenated alkanes) is 1. The van der Waals surface area contributed by atoms with Gasteiger partial charge in [0.25, 0.3) is 0 Å². The number of hydrogen-bond acceptors (Lipinski definition) is 3. The Balaban J connectivity index is 1.23. The van der Waals surface area contributed by atoms with Crippen LogP contribution < -0.4 is 9.47 Å². The molecular weight excluding hydrogens is 477 g/mol. The second-order valence-corrected chi connectivity index (χ2v) is 10.9. The summed E-state index contributed by atoms with van der Waals surface area (Å²) in [5.41, 5.74) is 1.32. The van der Waals surface area contributed by atoms with Gasteiger partial charge in [0, 0.05) is 12.5 Å². The molecule has 3 unspecified atom stereocenters. The van der Waals surface area contributed by atoms with E-state index < -0.39 is 12.0 Å². The van der Waals surface area contributed by atoms with E-state index in [9.17, 15) is 13.2 Å². The molecule has 0 amide bonds. The molecule has 0 spiro atoms. The van der Waals surface area contributed by atoms with Crippen LogP contribution in [0.2, 0.25) is 0 Å². The zero-order valence-corrected chi connectivity index (χ0v) is 22.2. The summed E-state index contributed by atoms with van der Waals surface area (Å²) in [5, 5.41) is 0. The summed E-state index contributed by atoms with van der Waals surface area (Å²) in [7, 11) is 0. The van der Waals surface area contributed by atoms with Crippen molar-refractivity contribution in [2.45, 2.75) is 89.8 Å². The van der Waals surface area contributed by atoms with Crippen molar-refractivity contribution in [1.82, 2.24) is 0 Å². The van der Waals surface area contributed by atoms with Crippen molar-refractivity contribution in [2.75, 3.05) is 19.8 Å². The maximum absolute atomic E-state index is 15.0. The molecule has 3 nitrogen and oxygen atoms in total. The van der Waals surface area contributed by atoms with Crippen LogP contribution in [0.25, 0.3) is 0 Å². The Morgan fingerprint density at radius 3 is 2.38 bits per heavy atom. The van der Waals surface area contributed by atoms with Crippen LogP contribution in [0, 0.1) is 23.5 Å². The molecule has 1 saturated carbocycles. The Morgan fingerprint density at radius 1 is 0.919 bits per heavy atom. The van der Waals surface area contributed by atoms with E-state index in [0.717, 1.165) is 57.1 Å². The summed E-state index contributed by atoms with van der Waals surface area (Å²) in [6, 6.07) is 9.42. The number of rotatable bonds is 11. The lowest BCUT2D eigenvalue weighted by atomic mass is 9.72. The van der Waals surface area contributed by atoms with Crippen LogP contribution in [-0.2, 0) is 11.2 Å². The second-order valence-electron chi connectivity index (χ2n) is 10.9. The van der Waals surface area contributed by atoms with E-state index in [-0.39, 0.29) is 30.5 Å². The van der Waals surface area contributed by atoms with E-state index in [1.165, 1.54) is 24.6 Å². The van der Waals surface area contributed by atoms with Gasteiger partial charge in [-0.3, -0.25) is 0 Å². The van der Waals surface area contributed by atoms with Gasteiger partial charge in [0.15, 0.2) is 11.6 Å². The molecule has 3 atom stereocenters. The SMILES string of the molecule is CCCCOc1ccc(OCC(F)Cc2ccc(C3CCC(C4CCC(C)OC4)CC3)c(F)c2)c(F)c1. The smallest absolute Gasteiger partial charge is 0.168 e. The topological polar surface area (TPSA) is 27.7 Å². The largest absolute Gasteiger partial charge is 0.493 e. The lowest BCUT2D eigenvalue weighted by molar-refractivity contribution is -0.0282. The van der Waals surface area contributed by atoms with Gasteiger partial charge < -0.3 is 14.2 Å². The summed E-state index contributed by atoms with van der Waals surface area (Å²) in [6.45, 7) is 5.27. The third-order valence-electron chi connectivity index (χ3n) is 8.03. The highest BCUT2D eigenvalue weighted by Gasteiger charge is 2.31. The fourth-order valence-electron chi connectivity index (χ4n) is 5.72. The first-order chi connectivity index (χ1) is 17.9. The number of alkyl halides is 1. The van der Waals surface area contributed by atoms with E-state index in [1.54, 1.807) is 6.07 Å². The molecule has 0 N–H and O–H groups in total. The number of benzene rings is 2. The van der Waals surface area contributed by atoms with Crippen molar-refractivity contribution in [2.24, 2.45) is 11.8 Å². The van der Waals surface area contributed by atoms with Crippen molar-refractivity contribution < 1.29 is 27.4 Å². The number of ether oxygens (including phenoxy) is 3. The van der Waals surface area contributed by atoms with Gasteiger partial charge >= 0.3 is 0 Å². The summed E-state index contributed by atoms with van der Waals surface area (Å²) >= 11 is 0. The lowest BCUT2D eigenvalue weighted by Gasteiger charge is -2.37. The molecule has 4 rings (SSSR count). The first-order valence-corrected chi connectivity index (χ1v) is 14.0. The van der Waals surface area contributed by atoms with E-state index in [2.05, 4.69) is 13.8 Å². The van der Waals surface area contributed by atoms with Gasteiger partial charge in [0.05, 0.1) is 19.3 Å². The Bertz CT molecular complexity index is 982. The molecule has 1 saturated heterocycles. The Labute approximate surface area is 219 Å². The second kappa shape index (κ2) is 13.5. The van der Waals surface area contributed by atoms with Gasteiger partial charge in [0.1, 0.15) is 24.3 Å². The van der Waals surface area contributed by atoms with Gasteiger partial charge in [-0.05, 0) is 98.9 Å². The molecule has 1 heterocycles. The maximum Gasteiger partial charge on any atom is 0.168 e. The minimum atomic E-state index is -1.37. The molecule has 0 aromatic heterocycles. The van der Waals surface area contributed by atoms with Crippen molar-refractivity contribution in [3.63, 3.8) is 0 Å². The summed E-state index contributed by atoms with van der Waals surface area (Å²) in [5.74, 6) is 1.10. The van der Waals surface area contributed by atoms with Crippen LogP contribution >= 0.6 is 0 Å². The van der Waals surface area contributed by atoms with Gasteiger partial charge in [-0.1, -0.05) is 25.5 Å². The van der Waals surface area contributed by atoms with Crippen molar-refractivity contribution >= 4 is 0 Å². The van der Waals surface area contributed by atoms with Crippen LogP contribution in [0.4, 0.5) is 13.2 Å². The normalized spacial score (nSPS) is 25.0. The van der Waals surface area contributed by atoms with Crippen LogP contribution in [0.1, 0.15) is 82.3 Å². The molecule has 0 radical (unpaired) electrons. The van der Waals surface area contributed by atoms with E-state index in [4.69, 9.17) is 14.2 Å². The highest BCUT2D eigenvalue weighted by Crippen LogP contribution is 2.42.